The molecule has 2 aromatic heterocycles. The van der Waals surface area contributed by atoms with Crippen LogP contribution in [0.5, 0.6) is 0 Å². The van der Waals surface area contributed by atoms with E-state index >= 15 is 0 Å². The zero-order chi connectivity index (χ0) is 12.5. The molecular formula is C11H17N7. The van der Waals surface area contributed by atoms with Gasteiger partial charge in [0, 0.05) is 32.9 Å². The molecule has 7 heteroatoms. The standard InChI is InChI=1S/C11H17N7/c1-16-7-13-5-10(16)9(4-12)17-2-3-18-8-14-15-11(18)6-17/h5,7-9H,2-4,6,12H2,1H3. The molecular weight excluding hydrogens is 230 g/mol. The first-order valence-electron chi connectivity index (χ1n) is 6.06. The Morgan fingerprint density at radius 1 is 1.39 bits per heavy atom. The largest absolute Gasteiger partial charge is 0.336 e. The van der Waals surface area contributed by atoms with Crippen molar-refractivity contribution in [1.82, 2.24) is 29.2 Å². The predicted molar refractivity (Wildman–Crippen MR) is 65.4 cm³/mol. The van der Waals surface area contributed by atoms with E-state index in [1.54, 1.807) is 6.33 Å². The lowest BCUT2D eigenvalue weighted by Crippen LogP contribution is -2.40. The lowest BCUT2D eigenvalue weighted by molar-refractivity contribution is 0.151. The molecule has 96 valence electrons. The maximum Gasteiger partial charge on any atom is 0.147 e. The second kappa shape index (κ2) is 4.51. The smallest absolute Gasteiger partial charge is 0.147 e. The maximum absolute atomic E-state index is 5.93. The van der Waals surface area contributed by atoms with Crippen LogP contribution in [0.4, 0.5) is 0 Å². The van der Waals surface area contributed by atoms with Gasteiger partial charge in [-0.2, -0.15) is 0 Å². The fourth-order valence-electron chi connectivity index (χ4n) is 2.50. The molecule has 18 heavy (non-hydrogen) atoms. The second-order valence-electron chi connectivity index (χ2n) is 4.59. The summed E-state index contributed by atoms with van der Waals surface area (Å²) in [6.45, 7) is 3.23. The molecule has 1 aliphatic heterocycles. The van der Waals surface area contributed by atoms with Gasteiger partial charge in [-0.3, -0.25) is 4.90 Å². The third-order valence-corrected chi connectivity index (χ3v) is 3.53. The molecule has 0 bridgehead atoms. The summed E-state index contributed by atoms with van der Waals surface area (Å²) in [6.07, 6.45) is 5.48. The van der Waals surface area contributed by atoms with Crippen LogP contribution in [0, 0.1) is 0 Å². The number of rotatable bonds is 3. The van der Waals surface area contributed by atoms with Gasteiger partial charge in [0.1, 0.15) is 12.2 Å². The highest BCUT2D eigenvalue weighted by atomic mass is 15.3. The zero-order valence-electron chi connectivity index (χ0n) is 10.4. The Morgan fingerprint density at radius 2 is 2.28 bits per heavy atom. The number of aromatic nitrogens is 5. The molecule has 0 spiro atoms. The van der Waals surface area contributed by atoms with Crippen molar-refractivity contribution >= 4 is 0 Å². The molecule has 0 amide bonds. The lowest BCUT2D eigenvalue weighted by Gasteiger charge is -2.33. The van der Waals surface area contributed by atoms with Crippen LogP contribution in [-0.2, 0) is 20.1 Å². The SMILES string of the molecule is Cn1cncc1C(CN)N1CCn2cnnc2C1. The van der Waals surface area contributed by atoms with E-state index in [4.69, 9.17) is 5.73 Å². The summed E-state index contributed by atoms with van der Waals surface area (Å²) >= 11 is 0. The van der Waals surface area contributed by atoms with Gasteiger partial charge in [-0.1, -0.05) is 0 Å². The van der Waals surface area contributed by atoms with E-state index < -0.39 is 0 Å². The van der Waals surface area contributed by atoms with Gasteiger partial charge in [0.05, 0.1) is 24.6 Å². The summed E-state index contributed by atoms with van der Waals surface area (Å²) < 4.78 is 4.12. The number of fused-ring (bicyclic) bond motifs is 1. The molecule has 2 N–H and O–H groups in total. The first-order chi connectivity index (χ1) is 8.79. The van der Waals surface area contributed by atoms with Crippen molar-refractivity contribution < 1.29 is 0 Å². The summed E-state index contributed by atoms with van der Waals surface area (Å²) in [5.74, 6) is 1.00. The number of nitrogens with two attached hydrogens (primary N) is 1. The molecule has 1 aliphatic rings. The van der Waals surface area contributed by atoms with E-state index in [-0.39, 0.29) is 6.04 Å². The van der Waals surface area contributed by atoms with Crippen LogP contribution in [0.25, 0.3) is 0 Å². The first-order valence-corrected chi connectivity index (χ1v) is 6.06. The second-order valence-corrected chi connectivity index (χ2v) is 4.59. The summed E-state index contributed by atoms with van der Waals surface area (Å²) in [5.41, 5.74) is 7.08. The van der Waals surface area contributed by atoms with Gasteiger partial charge in [0.25, 0.3) is 0 Å². The number of hydrogen-bond donors (Lipinski definition) is 1. The van der Waals surface area contributed by atoms with E-state index in [2.05, 4.69) is 24.6 Å². The predicted octanol–water partition coefficient (Wildman–Crippen LogP) is -0.473. The van der Waals surface area contributed by atoms with Crippen molar-refractivity contribution in [3.8, 4) is 0 Å². The minimum atomic E-state index is 0.183. The average Bonchev–Trinajstić information content (AvgIpc) is 2.99. The van der Waals surface area contributed by atoms with Crippen molar-refractivity contribution in [3.63, 3.8) is 0 Å². The number of aryl methyl sites for hydroxylation is 1. The van der Waals surface area contributed by atoms with Crippen LogP contribution >= 0.6 is 0 Å². The van der Waals surface area contributed by atoms with Crippen LogP contribution in [0.3, 0.4) is 0 Å². The molecule has 0 aliphatic carbocycles. The normalized spacial score (nSPS) is 17.7. The van der Waals surface area contributed by atoms with Crippen LogP contribution < -0.4 is 5.73 Å². The Labute approximate surface area is 105 Å². The van der Waals surface area contributed by atoms with Crippen molar-refractivity contribution in [3.05, 3.63) is 30.4 Å². The van der Waals surface area contributed by atoms with Crippen LogP contribution in [0.2, 0.25) is 0 Å². The average molecular weight is 247 g/mol. The van der Waals surface area contributed by atoms with Gasteiger partial charge in [0.2, 0.25) is 0 Å². The van der Waals surface area contributed by atoms with Crippen molar-refractivity contribution in [1.29, 1.82) is 0 Å². The van der Waals surface area contributed by atoms with Gasteiger partial charge in [-0.05, 0) is 0 Å². The zero-order valence-corrected chi connectivity index (χ0v) is 10.4. The van der Waals surface area contributed by atoms with Gasteiger partial charge in [-0.15, -0.1) is 10.2 Å². The topological polar surface area (TPSA) is 77.8 Å². The number of hydrogen-bond acceptors (Lipinski definition) is 5. The fraction of sp³-hybridized carbons (Fsp3) is 0.545. The van der Waals surface area contributed by atoms with Crippen molar-refractivity contribution in [2.75, 3.05) is 13.1 Å². The molecule has 3 rings (SSSR count). The number of imidazole rings is 1. The van der Waals surface area contributed by atoms with Crippen LogP contribution in [0.1, 0.15) is 17.6 Å². The summed E-state index contributed by atoms with van der Waals surface area (Å²) in [6, 6.07) is 0.183. The lowest BCUT2D eigenvalue weighted by atomic mass is 10.1. The van der Waals surface area contributed by atoms with Crippen molar-refractivity contribution in [2.24, 2.45) is 12.8 Å². The molecule has 7 nitrogen and oxygen atoms in total. The van der Waals surface area contributed by atoms with E-state index in [0.717, 1.165) is 31.2 Å². The molecule has 2 aromatic rings. The molecule has 0 fully saturated rings. The Hall–Kier alpha value is -1.73. The molecule has 1 unspecified atom stereocenters. The molecule has 1 atom stereocenters. The molecule has 0 radical (unpaired) electrons. The molecule has 3 heterocycles. The van der Waals surface area contributed by atoms with Gasteiger partial charge in [0.15, 0.2) is 0 Å². The van der Waals surface area contributed by atoms with Crippen LogP contribution in [-0.4, -0.2) is 42.3 Å². The van der Waals surface area contributed by atoms with E-state index in [9.17, 15) is 0 Å². The minimum Gasteiger partial charge on any atom is -0.336 e. The van der Waals surface area contributed by atoms with Gasteiger partial charge in [-0.25, -0.2) is 4.98 Å². The fourth-order valence-corrected chi connectivity index (χ4v) is 2.50. The van der Waals surface area contributed by atoms with E-state index in [0.29, 0.717) is 6.54 Å². The number of nitrogens with zero attached hydrogens (tertiary/aromatic N) is 6. The summed E-state index contributed by atoms with van der Waals surface area (Å²) in [4.78, 5) is 6.50. The molecule has 0 saturated heterocycles. The quantitative estimate of drug-likeness (QED) is 0.793. The Morgan fingerprint density at radius 3 is 3.00 bits per heavy atom. The molecule has 0 saturated carbocycles. The summed E-state index contributed by atoms with van der Waals surface area (Å²) in [7, 11) is 2.00. The van der Waals surface area contributed by atoms with Crippen molar-refractivity contribution in [2.45, 2.75) is 19.1 Å². The van der Waals surface area contributed by atoms with E-state index in [1.165, 1.54) is 0 Å². The Bertz CT molecular complexity index is 529. The third kappa shape index (κ3) is 1.81. The highest BCUT2D eigenvalue weighted by Crippen LogP contribution is 2.23. The van der Waals surface area contributed by atoms with Crippen LogP contribution in [0.15, 0.2) is 18.9 Å². The highest BCUT2D eigenvalue weighted by molar-refractivity contribution is 5.07. The molecule has 0 aromatic carbocycles. The van der Waals surface area contributed by atoms with E-state index in [1.807, 2.05) is 24.1 Å². The Kier molecular flexibility index (Phi) is 2.85. The third-order valence-electron chi connectivity index (χ3n) is 3.53. The van der Waals surface area contributed by atoms with Gasteiger partial charge >= 0.3 is 0 Å². The first kappa shape index (κ1) is 11.4. The monoisotopic (exact) mass is 247 g/mol. The maximum atomic E-state index is 5.93. The minimum absolute atomic E-state index is 0.183. The highest BCUT2D eigenvalue weighted by Gasteiger charge is 2.26. The Balaban J connectivity index is 1.84. The summed E-state index contributed by atoms with van der Waals surface area (Å²) in [5, 5.41) is 8.08. The van der Waals surface area contributed by atoms with Gasteiger partial charge < -0.3 is 14.9 Å².